The zero-order valence-electron chi connectivity index (χ0n) is 16.0. The number of thioether (sulfide) groups is 1. The number of hydrogen-bond donors (Lipinski definition) is 1. The molecule has 1 aromatic heterocycles. The highest BCUT2D eigenvalue weighted by molar-refractivity contribution is 7.98. The molecule has 0 aliphatic carbocycles. The van der Waals surface area contributed by atoms with E-state index >= 15 is 0 Å². The summed E-state index contributed by atoms with van der Waals surface area (Å²) in [6.45, 7) is 3.14. The van der Waals surface area contributed by atoms with Crippen LogP contribution in [0.4, 0.5) is 11.4 Å². The summed E-state index contributed by atoms with van der Waals surface area (Å²) in [5.74, 6) is -1.26. The lowest BCUT2D eigenvalue weighted by Crippen LogP contribution is -2.21. The van der Waals surface area contributed by atoms with Crippen LogP contribution in [0, 0.1) is 24.0 Å². The minimum Gasteiger partial charge on any atom is -0.456 e. The predicted octanol–water partition coefficient (Wildman–Crippen LogP) is 3.49. The Hall–Kier alpha value is -2.72. The van der Waals surface area contributed by atoms with E-state index in [1.807, 2.05) is 20.1 Å². The predicted molar refractivity (Wildman–Crippen MR) is 109 cm³/mol. The van der Waals surface area contributed by atoms with Gasteiger partial charge in [0.05, 0.1) is 4.92 Å². The van der Waals surface area contributed by atoms with Gasteiger partial charge in [-0.05, 0) is 44.2 Å². The van der Waals surface area contributed by atoms with Crippen LogP contribution in [0.25, 0.3) is 0 Å². The maximum absolute atomic E-state index is 12.0. The van der Waals surface area contributed by atoms with Gasteiger partial charge in [-0.25, -0.2) is 9.97 Å². The summed E-state index contributed by atoms with van der Waals surface area (Å²) in [4.78, 5) is 43.0. The SMILES string of the molecule is CSc1nc(C)c(CCC(=O)OCC(=O)Nc2ccc(Cl)cc2[N+](=O)[O-])c(C)n1. The number of rotatable bonds is 8. The Bertz CT molecular complexity index is 931. The summed E-state index contributed by atoms with van der Waals surface area (Å²) < 4.78 is 4.95. The summed E-state index contributed by atoms with van der Waals surface area (Å²) >= 11 is 7.17. The first-order chi connectivity index (χ1) is 13.7. The van der Waals surface area contributed by atoms with Gasteiger partial charge >= 0.3 is 5.97 Å². The Morgan fingerprint density at radius 1 is 1.28 bits per heavy atom. The molecule has 0 radical (unpaired) electrons. The minimum atomic E-state index is -0.691. The van der Waals surface area contributed by atoms with E-state index in [4.69, 9.17) is 16.3 Å². The number of benzene rings is 1. The van der Waals surface area contributed by atoms with Gasteiger partial charge in [0.2, 0.25) is 0 Å². The van der Waals surface area contributed by atoms with Crippen molar-refractivity contribution in [1.29, 1.82) is 0 Å². The summed E-state index contributed by atoms with van der Waals surface area (Å²) in [5.41, 5.74) is 2.07. The molecule has 2 rings (SSSR count). The highest BCUT2D eigenvalue weighted by Crippen LogP contribution is 2.27. The van der Waals surface area contributed by atoms with Crippen molar-refractivity contribution in [2.45, 2.75) is 31.8 Å². The summed E-state index contributed by atoms with van der Waals surface area (Å²) in [7, 11) is 0. The van der Waals surface area contributed by atoms with Crippen molar-refractivity contribution >= 4 is 46.6 Å². The van der Waals surface area contributed by atoms with E-state index in [1.165, 1.54) is 23.9 Å². The Kier molecular flexibility index (Phi) is 7.91. The molecular formula is C18H19ClN4O5S. The van der Waals surface area contributed by atoms with E-state index in [0.29, 0.717) is 11.6 Å². The number of amides is 1. The van der Waals surface area contributed by atoms with Crippen LogP contribution >= 0.6 is 23.4 Å². The number of anilines is 1. The van der Waals surface area contributed by atoms with Crippen molar-refractivity contribution in [3.8, 4) is 0 Å². The van der Waals surface area contributed by atoms with Gasteiger partial charge < -0.3 is 10.1 Å². The number of hydrogen-bond acceptors (Lipinski definition) is 8. The lowest BCUT2D eigenvalue weighted by atomic mass is 10.1. The first-order valence-electron chi connectivity index (χ1n) is 8.48. The van der Waals surface area contributed by atoms with Gasteiger partial charge in [0.25, 0.3) is 11.6 Å². The number of esters is 1. The van der Waals surface area contributed by atoms with Crippen LogP contribution in [0.1, 0.15) is 23.4 Å². The van der Waals surface area contributed by atoms with Crippen LogP contribution in [0.5, 0.6) is 0 Å². The molecule has 0 aliphatic heterocycles. The number of carbonyl (C=O) groups is 2. The quantitative estimate of drug-likeness (QED) is 0.218. The van der Waals surface area contributed by atoms with E-state index in [9.17, 15) is 19.7 Å². The van der Waals surface area contributed by atoms with Gasteiger partial charge in [0, 0.05) is 28.9 Å². The van der Waals surface area contributed by atoms with Gasteiger partial charge in [-0.3, -0.25) is 19.7 Å². The number of nitrogens with one attached hydrogen (secondary N) is 1. The molecule has 0 saturated heterocycles. The van der Waals surface area contributed by atoms with Crippen molar-refractivity contribution in [3.63, 3.8) is 0 Å². The molecule has 0 spiro atoms. The van der Waals surface area contributed by atoms with E-state index in [2.05, 4.69) is 15.3 Å². The lowest BCUT2D eigenvalue weighted by molar-refractivity contribution is -0.383. The van der Waals surface area contributed by atoms with Crippen LogP contribution in [0.3, 0.4) is 0 Å². The maximum atomic E-state index is 12.0. The third kappa shape index (κ3) is 6.40. The molecule has 0 bridgehead atoms. The zero-order valence-corrected chi connectivity index (χ0v) is 17.6. The summed E-state index contributed by atoms with van der Waals surface area (Å²) in [6, 6.07) is 3.84. The fourth-order valence-corrected chi connectivity index (χ4v) is 3.18. The number of ether oxygens (including phenoxy) is 1. The Morgan fingerprint density at radius 3 is 2.52 bits per heavy atom. The second kappa shape index (κ2) is 10.2. The van der Waals surface area contributed by atoms with E-state index in [-0.39, 0.29) is 22.8 Å². The minimum absolute atomic E-state index is 0.0299. The lowest BCUT2D eigenvalue weighted by Gasteiger charge is -2.10. The van der Waals surface area contributed by atoms with E-state index < -0.39 is 23.4 Å². The molecule has 0 fully saturated rings. The molecule has 11 heteroatoms. The Balaban J connectivity index is 1.89. The molecule has 29 heavy (non-hydrogen) atoms. The van der Waals surface area contributed by atoms with Crippen molar-refractivity contribution < 1.29 is 19.2 Å². The van der Waals surface area contributed by atoms with Crippen molar-refractivity contribution in [3.05, 3.63) is 50.3 Å². The van der Waals surface area contributed by atoms with Crippen molar-refractivity contribution in [2.24, 2.45) is 0 Å². The molecule has 154 valence electrons. The molecule has 1 amide bonds. The normalized spacial score (nSPS) is 10.5. The fourth-order valence-electron chi connectivity index (χ4n) is 2.55. The van der Waals surface area contributed by atoms with Crippen LogP contribution in [-0.2, 0) is 20.7 Å². The Morgan fingerprint density at radius 2 is 1.93 bits per heavy atom. The third-order valence-electron chi connectivity index (χ3n) is 3.96. The van der Waals surface area contributed by atoms with Crippen molar-refractivity contribution in [1.82, 2.24) is 9.97 Å². The molecule has 1 heterocycles. The molecule has 0 atom stereocenters. The van der Waals surface area contributed by atoms with Crippen LogP contribution in [-0.4, -0.2) is 39.6 Å². The van der Waals surface area contributed by atoms with Gasteiger partial charge in [-0.15, -0.1) is 0 Å². The standard InChI is InChI=1S/C18H19ClN4O5S/c1-10-13(11(2)21-18(20-10)29-3)5-7-17(25)28-9-16(24)22-14-6-4-12(19)8-15(14)23(26)27/h4,6,8H,5,7,9H2,1-3H3,(H,22,24). The topological polar surface area (TPSA) is 124 Å². The van der Waals surface area contributed by atoms with Gasteiger partial charge in [-0.2, -0.15) is 0 Å². The molecule has 9 nitrogen and oxygen atoms in total. The molecule has 1 aromatic carbocycles. The molecular weight excluding hydrogens is 420 g/mol. The number of aromatic nitrogens is 2. The Labute approximate surface area is 176 Å². The number of aryl methyl sites for hydroxylation is 2. The van der Waals surface area contributed by atoms with Crippen molar-refractivity contribution in [2.75, 3.05) is 18.2 Å². The first kappa shape index (κ1) is 22.6. The maximum Gasteiger partial charge on any atom is 0.306 e. The first-order valence-corrected chi connectivity index (χ1v) is 10.1. The average molecular weight is 439 g/mol. The largest absolute Gasteiger partial charge is 0.456 e. The van der Waals surface area contributed by atoms with Gasteiger partial charge in [0.15, 0.2) is 11.8 Å². The third-order valence-corrected chi connectivity index (χ3v) is 4.74. The van der Waals surface area contributed by atoms with E-state index in [0.717, 1.165) is 23.0 Å². The van der Waals surface area contributed by atoms with Gasteiger partial charge in [0.1, 0.15) is 5.69 Å². The molecule has 1 N–H and O–H groups in total. The highest BCUT2D eigenvalue weighted by atomic mass is 35.5. The number of nitrogens with zero attached hydrogens (tertiary/aromatic N) is 3. The van der Waals surface area contributed by atoms with Crippen LogP contribution in [0.15, 0.2) is 23.4 Å². The summed E-state index contributed by atoms with van der Waals surface area (Å²) in [6.07, 6.45) is 2.32. The fraction of sp³-hybridized carbons (Fsp3) is 0.333. The van der Waals surface area contributed by atoms with Crippen LogP contribution < -0.4 is 5.32 Å². The van der Waals surface area contributed by atoms with Crippen LogP contribution in [0.2, 0.25) is 5.02 Å². The molecule has 2 aromatic rings. The number of nitro benzene ring substituents is 1. The number of halogens is 1. The zero-order chi connectivity index (χ0) is 21.6. The molecule has 0 saturated carbocycles. The van der Waals surface area contributed by atoms with E-state index in [1.54, 1.807) is 0 Å². The monoisotopic (exact) mass is 438 g/mol. The second-order valence-electron chi connectivity index (χ2n) is 5.99. The number of carbonyl (C=O) groups excluding carboxylic acids is 2. The molecule has 0 aliphatic rings. The average Bonchev–Trinajstić information content (AvgIpc) is 2.66. The van der Waals surface area contributed by atoms with Gasteiger partial charge in [-0.1, -0.05) is 23.4 Å². The summed E-state index contributed by atoms with van der Waals surface area (Å²) in [5, 5.41) is 14.2. The number of nitro groups is 1. The molecule has 0 unspecified atom stereocenters. The smallest absolute Gasteiger partial charge is 0.306 e. The highest BCUT2D eigenvalue weighted by Gasteiger charge is 2.18. The second-order valence-corrected chi connectivity index (χ2v) is 7.20.